The molecular weight excluding hydrogens is 853 g/mol. The van der Waals surface area contributed by atoms with Gasteiger partial charge in [0.15, 0.2) is 0 Å². The van der Waals surface area contributed by atoms with Crippen molar-refractivity contribution in [3.8, 4) is 68.1 Å². The molecule has 6 nitrogen and oxygen atoms in total. The van der Waals surface area contributed by atoms with Gasteiger partial charge in [0.05, 0.1) is 56.2 Å². The summed E-state index contributed by atoms with van der Waals surface area (Å²) in [6, 6.07) is 85.4. The molecule has 0 unspecified atom stereocenters. The van der Waals surface area contributed by atoms with Crippen molar-refractivity contribution >= 4 is 65.2 Å². The van der Waals surface area contributed by atoms with Crippen molar-refractivity contribution in [2.45, 2.75) is 0 Å². The van der Waals surface area contributed by atoms with Crippen LogP contribution in [0.25, 0.3) is 133 Å². The minimum absolute atomic E-state index is 0.739. The maximum Gasteiger partial charge on any atom is 0.138 e. The second kappa shape index (κ2) is 16.1. The van der Waals surface area contributed by atoms with Crippen molar-refractivity contribution in [3.05, 3.63) is 243 Å². The topological polar surface area (TPSA) is 61.4 Å². The van der Waals surface area contributed by atoms with Gasteiger partial charge in [0.1, 0.15) is 11.6 Å². The molecule has 0 saturated carbocycles. The highest BCUT2D eigenvalue weighted by Crippen LogP contribution is 2.39. The van der Waals surface area contributed by atoms with E-state index >= 15 is 0 Å². The zero-order valence-corrected chi connectivity index (χ0v) is 37.8. The molecule has 0 aliphatic heterocycles. The number of para-hydroxylation sites is 4. The summed E-state index contributed by atoms with van der Waals surface area (Å²) in [5.41, 5.74) is 13.3. The quantitative estimate of drug-likeness (QED) is 0.160. The van der Waals surface area contributed by atoms with Crippen LogP contribution in [0.15, 0.2) is 243 Å². The summed E-state index contributed by atoms with van der Waals surface area (Å²) in [6.07, 6.45) is 0. The fourth-order valence-corrected chi connectivity index (χ4v) is 10.6. The van der Waals surface area contributed by atoms with Crippen LogP contribution in [-0.2, 0) is 0 Å². The van der Waals surface area contributed by atoms with Crippen LogP contribution in [0.4, 0.5) is 0 Å². The predicted octanol–water partition coefficient (Wildman–Crippen LogP) is 16.1. The number of pyridine rings is 4. The molecule has 0 saturated heterocycles. The van der Waals surface area contributed by atoms with Gasteiger partial charge >= 0.3 is 0 Å². The highest BCUT2D eigenvalue weighted by molar-refractivity contribution is 6.10. The van der Waals surface area contributed by atoms with Crippen LogP contribution in [0.3, 0.4) is 0 Å². The standard InChI is InChI=1S/C64H40N6/c1-3-21-45-41(17-1)19-13-27-47(45)43-37-57(67-63(39-43)69-59-33-9-5-23-49(59)50-24-6-10-34-60(50)69)55-31-15-29-53(65-55)54-30-16-32-56(66-54)58-38-44(48-28-14-20-42-18-2-4-22-46(42)48)40-64(68-58)70-61-35-11-7-25-51(61)52-26-8-12-36-62(52)70/h1-40H. The number of fused-ring (bicyclic) bond motifs is 8. The van der Waals surface area contributed by atoms with E-state index in [4.69, 9.17) is 19.9 Å². The summed E-state index contributed by atoms with van der Waals surface area (Å²) in [6.45, 7) is 0. The molecule has 6 heteroatoms. The van der Waals surface area contributed by atoms with Gasteiger partial charge in [-0.2, -0.15) is 0 Å². The van der Waals surface area contributed by atoms with Crippen LogP contribution in [-0.4, -0.2) is 29.1 Å². The molecule has 0 bridgehead atoms. The Bertz CT molecular complexity index is 3990. The van der Waals surface area contributed by atoms with Gasteiger partial charge in [-0.3, -0.25) is 9.13 Å². The molecule has 14 rings (SSSR count). The number of rotatable bonds is 7. The number of benzene rings is 8. The lowest BCUT2D eigenvalue weighted by atomic mass is 9.97. The van der Waals surface area contributed by atoms with Crippen LogP contribution < -0.4 is 0 Å². The predicted molar refractivity (Wildman–Crippen MR) is 288 cm³/mol. The van der Waals surface area contributed by atoms with Crippen molar-refractivity contribution < 1.29 is 0 Å². The first-order valence-corrected chi connectivity index (χ1v) is 23.6. The molecule has 8 aromatic carbocycles. The average Bonchev–Trinajstić information content (AvgIpc) is 3.96. The summed E-state index contributed by atoms with van der Waals surface area (Å²) in [4.78, 5) is 21.6. The van der Waals surface area contributed by atoms with E-state index in [9.17, 15) is 0 Å². The maximum atomic E-state index is 5.46. The molecule has 0 aliphatic rings. The van der Waals surface area contributed by atoms with Crippen molar-refractivity contribution in [3.63, 3.8) is 0 Å². The van der Waals surface area contributed by atoms with Gasteiger partial charge in [0.25, 0.3) is 0 Å². The van der Waals surface area contributed by atoms with E-state index in [-0.39, 0.29) is 0 Å². The zero-order chi connectivity index (χ0) is 46.1. The Morgan fingerprint density at radius 1 is 0.229 bits per heavy atom. The SMILES string of the molecule is c1cc(-c2cccc(-c3cc(-c4cccc5ccccc45)cc(-n4c5ccccc5c5ccccc54)n3)n2)nc(-c2cc(-c3cccc4ccccc34)cc(-n3c4ccccc4c4ccccc43)n2)c1. The molecule has 0 fully saturated rings. The number of hydrogen-bond acceptors (Lipinski definition) is 4. The highest BCUT2D eigenvalue weighted by atomic mass is 15.1. The molecule has 0 aliphatic carbocycles. The largest absolute Gasteiger partial charge is 0.294 e. The van der Waals surface area contributed by atoms with E-state index in [2.05, 4.69) is 228 Å². The molecule has 0 radical (unpaired) electrons. The Morgan fingerprint density at radius 3 is 0.914 bits per heavy atom. The van der Waals surface area contributed by atoms with E-state index in [0.29, 0.717) is 0 Å². The normalized spacial score (nSPS) is 11.7. The van der Waals surface area contributed by atoms with Gasteiger partial charge in [-0.1, -0.05) is 170 Å². The van der Waals surface area contributed by atoms with E-state index < -0.39 is 0 Å². The molecule has 0 atom stereocenters. The molecule has 6 heterocycles. The lowest BCUT2D eigenvalue weighted by molar-refractivity contribution is 1.07. The molecule has 0 N–H and O–H groups in total. The zero-order valence-electron chi connectivity index (χ0n) is 37.8. The van der Waals surface area contributed by atoms with Crippen molar-refractivity contribution in [2.24, 2.45) is 0 Å². The Labute approximate surface area is 403 Å². The number of nitrogens with zero attached hydrogens (tertiary/aromatic N) is 6. The fourth-order valence-electron chi connectivity index (χ4n) is 10.6. The fraction of sp³-hybridized carbons (Fsp3) is 0. The Balaban J connectivity index is 0.936. The molecule has 14 aromatic rings. The summed E-state index contributed by atoms with van der Waals surface area (Å²) in [5.74, 6) is 1.64. The van der Waals surface area contributed by atoms with Gasteiger partial charge in [0.2, 0.25) is 0 Å². The Hall–Kier alpha value is -9.52. The lowest BCUT2D eigenvalue weighted by Crippen LogP contribution is -2.02. The highest BCUT2D eigenvalue weighted by Gasteiger charge is 2.20. The molecule has 0 spiro atoms. The molecule has 6 aromatic heterocycles. The van der Waals surface area contributed by atoms with Gasteiger partial charge in [0, 0.05) is 21.5 Å². The van der Waals surface area contributed by atoms with Crippen LogP contribution in [0, 0.1) is 0 Å². The minimum Gasteiger partial charge on any atom is -0.294 e. The first-order chi connectivity index (χ1) is 34.7. The number of hydrogen-bond donors (Lipinski definition) is 0. The maximum absolute atomic E-state index is 5.46. The van der Waals surface area contributed by atoms with Gasteiger partial charge in [-0.05, 0) is 117 Å². The summed E-state index contributed by atoms with van der Waals surface area (Å²) in [7, 11) is 0. The van der Waals surface area contributed by atoms with Crippen LogP contribution in [0.2, 0.25) is 0 Å². The summed E-state index contributed by atoms with van der Waals surface area (Å²) < 4.78 is 4.56. The summed E-state index contributed by atoms with van der Waals surface area (Å²) >= 11 is 0. The molecule has 0 amide bonds. The third kappa shape index (κ3) is 6.49. The Morgan fingerprint density at radius 2 is 0.529 bits per heavy atom. The lowest BCUT2D eigenvalue weighted by Gasteiger charge is -2.15. The second-order valence-electron chi connectivity index (χ2n) is 17.8. The first-order valence-electron chi connectivity index (χ1n) is 23.6. The van der Waals surface area contributed by atoms with E-state index in [1.54, 1.807) is 0 Å². The first kappa shape index (κ1) is 39.6. The van der Waals surface area contributed by atoms with Crippen LogP contribution in [0.5, 0.6) is 0 Å². The average molecular weight is 893 g/mol. The number of aromatic nitrogens is 6. The summed E-state index contributed by atoms with van der Waals surface area (Å²) in [5, 5.41) is 9.45. The van der Waals surface area contributed by atoms with Crippen LogP contribution in [0.1, 0.15) is 0 Å². The van der Waals surface area contributed by atoms with Gasteiger partial charge < -0.3 is 0 Å². The third-order valence-electron chi connectivity index (χ3n) is 13.7. The van der Waals surface area contributed by atoms with Crippen molar-refractivity contribution in [2.75, 3.05) is 0 Å². The molecule has 70 heavy (non-hydrogen) atoms. The van der Waals surface area contributed by atoms with E-state index in [1.807, 2.05) is 24.3 Å². The molecule has 326 valence electrons. The van der Waals surface area contributed by atoms with Crippen molar-refractivity contribution in [1.29, 1.82) is 0 Å². The third-order valence-corrected chi connectivity index (χ3v) is 13.7. The van der Waals surface area contributed by atoms with Crippen molar-refractivity contribution in [1.82, 2.24) is 29.1 Å². The van der Waals surface area contributed by atoms with Gasteiger partial charge in [-0.15, -0.1) is 0 Å². The Kier molecular flexibility index (Phi) is 9.10. The van der Waals surface area contributed by atoms with E-state index in [0.717, 1.165) is 90.1 Å². The van der Waals surface area contributed by atoms with Crippen LogP contribution >= 0.6 is 0 Å². The monoisotopic (exact) mass is 892 g/mol. The molecular formula is C64H40N6. The minimum atomic E-state index is 0.739. The van der Waals surface area contributed by atoms with Gasteiger partial charge in [-0.25, -0.2) is 19.9 Å². The van der Waals surface area contributed by atoms with E-state index in [1.165, 1.54) is 43.1 Å². The second-order valence-corrected chi connectivity index (χ2v) is 17.8. The smallest absolute Gasteiger partial charge is 0.138 e.